The van der Waals surface area contributed by atoms with Crippen LogP contribution in [0.25, 0.3) is 11.2 Å². The van der Waals surface area contributed by atoms with Crippen LogP contribution in [0, 0.1) is 0 Å². The van der Waals surface area contributed by atoms with Crippen LogP contribution in [-0.4, -0.2) is 69.6 Å². The molecule has 2 N–H and O–H groups in total. The quantitative estimate of drug-likeness (QED) is 0.136. The summed E-state index contributed by atoms with van der Waals surface area (Å²) in [5.74, 6) is -0.631. The molecule has 3 aromatic carbocycles. The zero-order chi connectivity index (χ0) is 35.3. The number of methoxy groups -OCH3 is 2. The minimum absolute atomic E-state index is 0.0149. The van der Waals surface area contributed by atoms with Crippen LogP contribution in [-0.2, 0) is 29.4 Å². The van der Waals surface area contributed by atoms with Crippen LogP contribution in [0.2, 0.25) is 0 Å². The molecule has 0 bridgehead atoms. The lowest BCUT2D eigenvalue weighted by molar-refractivity contribution is -0.157. The normalized spacial score (nSPS) is 17.4. The van der Waals surface area contributed by atoms with E-state index in [0.717, 1.165) is 21.3 Å². The highest BCUT2D eigenvalue weighted by atomic mass is 16.6. The van der Waals surface area contributed by atoms with Crippen molar-refractivity contribution in [3.8, 4) is 11.5 Å². The van der Waals surface area contributed by atoms with E-state index in [2.05, 4.69) is 15.0 Å². The van der Waals surface area contributed by atoms with Gasteiger partial charge in [0.05, 0.1) is 33.7 Å². The third-order valence-electron chi connectivity index (χ3n) is 8.49. The van der Waals surface area contributed by atoms with Gasteiger partial charge in [-0.3, -0.25) is 19.4 Å². The fourth-order valence-electron chi connectivity index (χ4n) is 6.10. The van der Waals surface area contributed by atoms with Crippen molar-refractivity contribution in [2.24, 2.45) is 0 Å². The first-order chi connectivity index (χ1) is 24.2. The van der Waals surface area contributed by atoms with E-state index in [1.807, 2.05) is 78.9 Å². The number of rotatable bonds is 13. The highest BCUT2D eigenvalue weighted by molar-refractivity contribution is 5.76. The Balaban J connectivity index is 1.43. The minimum Gasteiger partial charge on any atom is -0.497 e. The van der Waals surface area contributed by atoms with Crippen LogP contribution < -0.4 is 20.7 Å². The second kappa shape index (κ2) is 14.7. The molecule has 1 saturated heterocycles. The van der Waals surface area contributed by atoms with Crippen LogP contribution in [0.3, 0.4) is 0 Å². The molecule has 50 heavy (non-hydrogen) atoms. The fourth-order valence-corrected chi connectivity index (χ4v) is 6.10. The summed E-state index contributed by atoms with van der Waals surface area (Å²) in [6.45, 7) is -0.165. The molecule has 3 atom stereocenters. The Hall–Kier alpha value is -5.86. The molecular formula is C36H34N4O10. The molecule has 1 aliphatic rings. The van der Waals surface area contributed by atoms with Crippen molar-refractivity contribution < 1.29 is 38.4 Å². The lowest BCUT2D eigenvalue weighted by Gasteiger charge is -2.37. The summed E-state index contributed by atoms with van der Waals surface area (Å²) in [6, 6.07) is 24.4. The smallest absolute Gasteiger partial charge is 0.332 e. The first-order valence-corrected chi connectivity index (χ1v) is 15.7. The van der Waals surface area contributed by atoms with Crippen LogP contribution >= 0.6 is 0 Å². The van der Waals surface area contributed by atoms with Gasteiger partial charge in [0.2, 0.25) is 0 Å². The van der Waals surface area contributed by atoms with Gasteiger partial charge in [0.1, 0.15) is 35.5 Å². The first-order valence-electron chi connectivity index (χ1n) is 15.7. The number of carbonyl (C=O) groups excluding carboxylic acids is 1. The van der Waals surface area contributed by atoms with Gasteiger partial charge in [0.15, 0.2) is 11.2 Å². The summed E-state index contributed by atoms with van der Waals surface area (Å²) in [4.78, 5) is 60.2. The summed E-state index contributed by atoms with van der Waals surface area (Å²) < 4.78 is 31.2. The molecule has 3 heterocycles. The molecule has 0 spiro atoms. The van der Waals surface area contributed by atoms with E-state index in [-0.39, 0.29) is 30.6 Å². The Morgan fingerprint density at radius 1 is 0.880 bits per heavy atom. The predicted octanol–water partition coefficient (Wildman–Crippen LogP) is 3.57. The van der Waals surface area contributed by atoms with Crippen LogP contribution in [0.1, 0.15) is 42.2 Å². The molecule has 1 aliphatic heterocycles. The predicted molar refractivity (Wildman–Crippen MR) is 178 cm³/mol. The van der Waals surface area contributed by atoms with E-state index < -0.39 is 53.6 Å². The van der Waals surface area contributed by atoms with Crippen molar-refractivity contribution in [2.45, 2.75) is 43.3 Å². The van der Waals surface area contributed by atoms with Gasteiger partial charge in [0, 0.05) is 18.8 Å². The molecule has 5 aromatic rings. The zero-order valence-corrected chi connectivity index (χ0v) is 27.2. The highest BCUT2D eigenvalue weighted by Crippen LogP contribution is 2.43. The summed E-state index contributed by atoms with van der Waals surface area (Å²) >= 11 is 0. The van der Waals surface area contributed by atoms with Crippen molar-refractivity contribution in [1.29, 1.82) is 0 Å². The van der Waals surface area contributed by atoms with E-state index in [0.29, 0.717) is 11.5 Å². The lowest BCUT2D eigenvalue weighted by atomic mass is 9.80. The second-order valence-corrected chi connectivity index (χ2v) is 11.5. The number of esters is 1. The number of nitrogens with one attached hydrogen (secondary N) is 1. The average Bonchev–Trinajstić information content (AvgIpc) is 3.53. The Kier molecular flexibility index (Phi) is 10.0. The number of hydrogen-bond acceptors (Lipinski definition) is 11. The Bertz CT molecular complexity index is 2030. The molecule has 6 rings (SSSR count). The standard InChI is InChI=1S/C36H34N4O10/c1-46-25-12-8-23(9-13-25)36(22-6-4-3-5-7-22,24-10-14-26(47-2)15-11-24)48-21-28-27(50-31(43)17-16-30(41)42)20-29(49-28)40-33-32(37-18-19-38-33)34(44)39-35(40)45/h3-15,18-19,27-29H,16-17,20-21H2,1-2H3,(H,41,42)(H,39,44,45)/t27-,28+,29+/m0/s1. The number of benzene rings is 3. The number of carboxylic acid groups (broad SMARTS) is 1. The van der Waals surface area contributed by atoms with Crippen molar-refractivity contribution in [3.63, 3.8) is 0 Å². The fraction of sp³-hybridized carbons (Fsp3) is 0.278. The molecule has 2 aromatic heterocycles. The molecule has 14 nitrogen and oxygen atoms in total. The van der Waals surface area contributed by atoms with Gasteiger partial charge >= 0.3 is 17.6 Å². The summed E-state index contributed by atoms with van der Waals surface area (Å²) in [5.41, 5.74) is -0.568. The number of ether oxygens (including phenoxy) is 5. The van der Waals surface area contributed by atoms with E-state index in [1.165, 1.54) is 12.4 Å². The van der Waals surface area contributed by atoms with Gasteiger partial charge in [0.25, 0.3) is 5.56 Å². The van der Waals surface area contributed by atoms with Gasteiger partial charge < -0.3 is 28.8 Å². The van der Waals surface area contributed by atoms with Crippen LogP contribution in [0.5, 0.6) is 11.5 Å². The lowest BCUT2D eigenvalue weighted by Crippen LogP contribution is -2.39. The Labute approximate surface area is 285 Å². The van der Waals surface area contributed by atoms with Gasteiger partial charge in [-0.15, -0.1) is 0 Å². The van der Waals surface area contributed by atoms with Gasteiger partial charge in [-0.1, -0.05) is 54.6 Å². The second-order valence-electron chi connectivity index (χ2n) is 11.5. The van der Waals surface area contributed by atoms with E-state index >= 15 is 0 Å². The number of fused-ring (bicyclic) bond motifs is 1. The first kappa shape index (κ1) is 34.0. The topological polar surface area (TPSA) is 181 Å². The summed E-state index contributed by atoms with van der Waals surface area (Å²) in [5, 5.41) is 9.14. The maximum Gasteiger partial charge on any atom is 0.332 e. The molecule has 258 valence electrons. The monoisotopic (exact) mass is 682 g/mol. The molecule has 0 saturated carbocycles. The van der Waals surface area contributed by atoms with Gasteiger partial charge in [-0.2, -0.15) is 0 Å². The van der Waals surface area contributed by atoms with Crippen molar-refractivity contribution in [2.75, 3.05) is 20.8 Å². The van der Waals surface area contributed by atoms with Crippen molar-refractivity contribution >= 4 is 23.1 Å². The number of nitrogens with zero attached hydrogens (tertiary/aromatic N) is 3. The largest absolute Gasteiger partial charge is 0.497 e. The SMILES string of the molecule is COc1ccc(C(OC[C@H]2O[C@@H](n3c(=O)[nH]c(=O)c4nccnc43)C[C@@H]2OC(=O)CCC(=O)O)(c2ccccc2)c2ccc(OC)cc2)cc1. The van der Waals surface area contributed by atoms with Gasteiger partial charge in [-0.05, 0) is 41.0 Å². The number of aromatic amines is 1. The molecule has 1 fully saturated rings. The number of aliphatic carboxylic acids is 1. The third kappa shape index (κ3) is 6.84. The van der Waals surface area contributed by atoms with Crippen molar-refractivity contribution in [1.82, 2.24) is 19.5 Å². The maximum atomic E-state index is 13.2. The van der Waals surface area contributed by atoms with E-state index in [4.69, 9.17) is 28.8 Å². The Morgan fingerprint density at radius 3 is 2.08 bits per heavy atom. The minimum atomic E-state index is -1.24. The van der Waals surface area contributed by atoms with E-state index in [1.54, 1.807) is 14.2 Å². The molecule has 0 aliphatic carbocycles. The van der Waals surface area contributed by atoms with E-state index in [9.17, 15) is 19.2 Å². The van der Waals surface area contributed by atoms with Gasteiger partial charge in [-0.25, -0.2) is 19.3 Å². The maximum absolute atomic E-state index is 13.2. The zero-order valence-electron chi connectivity index (χ0n) is 27.2. The molecule has 14 heteroatoms. The highest BCUT2D eigenvalue weighted by Gasteiger charge is 2.44. The van der Waals surface area contributed by atoms with Crippen LogP contribution in [0.4, 0.5) is 0 Å². The van der Waals surface area contributed by atoms with Crippen LogP contribution in [0.15, 0.2) is 101 Å². The number of carbonyl (C=O) groups is 2. The molecule has 0 unspecified atom stereocenters. The number of carboxylic acids is 1. The number of aromatic nitrogens is 4. The third-order valence-corrected chi connectivity index (χ3v) is 8.49. The summed E-state index contributed by atoms with van der Waals surface area (Å²) in [6.07, 6.45) is -1.16. The number of hydrogen-bond donors (Lipinski definition) is 2. The number of H-pyrrole nitrogens is 1. The molecular weight excluding hydrogens is 648 g/mol. The Morgan fingerprint density at radius 2 is 1.48 bits per heavy atom. The summed E-state index contributed by atoms with van der Waals surface area (Å²) in [7, 11) is 3.15. The average molecular weight is 683 g/mol. The molecule has 0 radical (unpaired) electrons. The van der Waals surface area contributed by atoms with Crippen molar-refractivity contribution in [3.05, 3.63) is 129 Å². The molecule has 0 amide bonds.